The summed E-state index contributed by atoms with van der Waals surface area (Å²) in [6.45, 7) is 5.82. The minimum Gasteiger partial charge on any atom is -0.595 e. The molecule has 26 heavy (non-hydrogen) atoms. The highest BCUT2D eigenvalue weighted by Gasteiger charge is 2.16. The number of quaternary nitrogens is 1. The topological polar surface area (TPSA) is 141 Å². The van der Waals surface area contributed by atoms with Gasteiger partial charge in [-0.25, -0.2) is 10.0 Å². The van der Waals surface area contributed by atoms with Crippen LogP contribution < -0.4 is 21.6 Å². The molecule has 0 radical (unpaired) electrons. The van der Waals surface area contributed by atoms with Gasteiger partial charge in [-0.05, 0) is 52.2 Å². The van der Waals surface area contributed by atoms with Crippen molar-refractivity contribution in [1.29, 1.82) is 0 Å². The lowest BCUT2D eigenvalue weighted by atomic mass is 10.1. The van der Waals surface area contributed by atoms with Crippen molar-refractivity contribution in [3.8, 4) is 0 Å². The van der Waals surface area contributed by atoms with Crippen LogP contribution in [0.25, 0.3) is 0 Å². The summed E-state index contributed by atoms with van der Waals surface area (Å²) in [6, 6.07) is 5.16. The van der Waals surface area contributed by atoms with E-state index in [1.54, 1.807) is 20.8 Å². The fourth-order valence-electron chi connectivity index (χ4n) is 2.06. The first-order valence-electron chi connectivity index (χ1n) is 8.45. The molecule has 0 saturated heterocycles. The van der Waals surface area contributed by atoms with Crippen molar-refractivity contribution in [1.82, 2.24) is 5.32 Å². The Kier molecular flexibility index (Phi) is 8.46. The Morgan fingerprint density at radius 3 is 2.42 bits per heavy atom. The zero-order valence-electron chi connectivity index (χ0n) is 15.4. The average Bonchev–Trinajstić information content (AvgIpc) is 2.53. The molecule has 2 atom stereocenters. The van der Waals surface area contributed by atoms with Gasteiger partial charge in [-0.1, -0.05) is 0 Å². The number of benzene rings is 1. The van der Waals surface area contributed by atoms with Gasteiger partial charge < -0.3 is 26.3 Å². The minimum atomic E-state index is -1.03. The number of alkyl carbamates (subject to hydrolysis) is 1. The first-order chi connectivity index (χ1) is 12.1. The van der Waals surface area contributed by atoms with E-state index in [9.17, 15) is 14.8 Å². The number of unbranched alkanes of at least 4 members (excludes halogenated alkanes) is 1. The first-order valence-corrected chi connectivity index (χ1v) is 8.45. The summed E-state index contributed by atoms with van der Waals surface area (Å²) in [5, 5.41) is 23.9. The molecule has 1 aromatic rings. The summed E-state index contributed by atoms with van der Waals surface area (Å²) in [5.74, 6) is -0.340. The van der Waals surface area contributed by atoms with Gasteiger partial charge in [0.2, 0.25) is 5.91 Å². The Morgan fingerprint density at radius 2 is 1.88 bits per heavy atom. The van der Waals surface area contributed by atoms with E-state index < -0.39 is 23.0 Å². The quantitative estimate of drug-likeness (QED) is 0.343. The summed E-state index contributed by atoms with van der Waals surface area (Å²) in [7, 11) is 0. The van der Waals surface area contributed by atoms with Gasteiger partial charge in [-0.15, -0.1) is 0 Å². The SMILES string of the molecule is CC(C)(C)OC(=O)NCCCC[C@H](N)C(=O)Nc1ccc([NH+]([O-])O)cc1. The van der Waals surface area contributed by atoms with Crippen LogP contribution >= 0.6 is 0 Å². The Morgan fingerprint density at radius 1 is 1.27 bits per heavy atom. The molecule has 1 rings (SSSR count). The van der Waals surface area contributed by atoms with Gasteiger partial charge in [0.05, 0.1) is 6.04 Å². The van der Waals surface area contributed by atoms with E-state index in [0.717, 1.165) is 0 Å². The summed E-state index contributed by atoms with van der Waals surface area (Å²) in [5.41, 5.74) is 5.95. The molecule has 0 aliphatic rings. The highest BCUT2D eigenvalue weighted by molar-refractivity contribution is 5.94. The van der Waals surface area contributed by atoms with Gasteiger partial charge in [0.1, 0.15) is 5.60 Å². The van der Waals surface area contributed by atoms with E-state index in [-0.39, 0.29) is 11.6 Å². The number of hydrogen-bond acceptors (Lipinski definition) is 6. The van der Waals surface area contributed by atoms with Crippen molar-refractivity contribution in [2.75, 3.05) is 11.9 Å². The molecular weight excluding hydrogens is 340 g/mol. The smallest absolute Gasteiger partial charge is 0.407 e. The van der Waals surface area contributed by atoms with Crippen LogP contribution in [0.2, 0.25) is 0 Å². The maximum atomic E-state index is 12.0. The van der Waals surface area contributed by atoms with Gasteiger partial charge in [0.15, 0.2) is 5.69 Å². The predicted molar refractivity (Wildman–Crippen MR) is 96.9 cm³/mol. The molecule has 0 fully saturated rings. The van der Waals surface area contributed by atoms with Crippen LogP contribution in [0.5, 0.6) is 0 Å². The number of nitrogens with two attached hydrogens (primary N) is 1. The van der Waals surface area contributed by atoms with Gasteiger partial charge in [0, 0.05) is 24.4 Å². The molecule has 1 aromatic carbocycles. The lowest BCUT2D eigenvalue weighted by Gasteiger charge is -2.19. The third-order valence-electron chi connectivity index (χ3n) is 3.35. The highest BCUT2D eigenvalue weighted by Crippen LogP contribution is 2.11. The number of nitrogens with one attached hydrogen (secondary N) is 3. The lowest BCUT2D eigenvalue weighted by molar-refractivity contribution is -0.991. The van der Waals surface area contributed by atoms with Crippen molar-refractivity contribution in [2.24, 2.45) is 5.73 Å². The van der Waals surface area contributed by atoms with Crippen molar-refractivity contribution in [2.45, 2.75) is 51.7 Å². The number of anilines is 1. The zero-order valence-corrected chi connectivity index (χ0v) is 15.4. The molecule has 0 saturated carbocycles. The van der Waals surface area contributed by atoms with Crippen LogP contribution in [0.4, 0.5) is 16.2 Å². The molecule has 0 aromatic heterocycles. The number of carbonyl (C=O) groups is 2. The third-order valence-corrected chi connectivity index (χ3v) is 3.35. The molecule has 9 nitrogen and oxygen atoms in total. The van der Waals surface area contributed by atoms with Crippen LogP contribution in [-0.2, 0) is 9.53 Å². The van der Waals surface area contributed by atoms with E-state index in [0.29, 0.717) is 31.5 Å². The molecule has 0 spiro atoms. The molecule has 146 valence electrons. The fraction of sp³-hybridized carbons (Fsp3) is 0.529. The number of rotatable bonds is 8. The summed E-state index contributed by atoms with van der Waals surface area (Å²) >= 11 is 0. The summed E-state index contributed by atoms with van der Waals surface area (Å²) in [6.07, 6.45) is 1.34. The van der Waals surface area contributed by atoms with Crippen LogP contribution in [0.1, 0.15) is 40.0 Å². The largest absolute Gasteiger partial charge is 0.595 e. The van der Waals surface area contributed by atoms with Crippen molar-refractivity contribution in [3.05, 3.63) is 29.5 Å². The zero-order chi connectivity index (χ0) is 19.7. The van der Waals surface area contributed by atoms with Crippen molar-refractivity contribution < 1.29 is 24.8 Å². The number of ether oxygens (including phenoxy) is 1. The van der Waals surface area contributed by atoms with Crippen molar-refractivity contribution in [3.63, 3.8) is 0 Å². The molecule has 6 N–H and O–H groups in total. The van der Waals surface area contributed by atoms with Gasteiger partial charge >= 0.3 is 6.09 Å². The van der Waals surface area contributed by atoms with E-state index in [2.05, 4.69) is 10.6 Å². The second-order valence-corrected chi connectivity index (χ2v) is 6.90. The Bertz CT molecular complexity index is 584. The standard InChI is InChI=1S/C17H28N4O5/c1-17(2,3)26-16(23)19-11-5-4-6-14(18)15(22)20-12-7-9-13(10-8-12)21(24)25/h7-10,14,21,24H,4-6,11,18H2,1-3H3,(H,19,23)(H,20,22)/t14-/m0/s1. The molecule has 9 heteroatoms. The molecule has 0 heterocycles. The molecule has 0 bridgehead atoms. The third kappa shape index (κ3) is 8.77. The molecular formula is C17H28N4O5. The van der Waals surface area contributed by atoms with Gasteiger partial charge in [0.25, 0.3) is 0 Å². The predicted octanol–water partition coefficient (Wildman–Crippen LogP) is 1.05. The van der Waals surface area contributed by atoms with Crippen LogP contribution in [0, 0.1) is 5.21 Å². The van der Waals surface area contributed by atoms with E-state index in [1.165, 1.54) is 24.3 Å². The molecule has 0 aliphatic heterocycles. The number of amides is 2. The molecule has 0 aliphatic carbocycles. The fourth-order valence-corrected chi connectivity index (χ4v) is 2.06. The maximum absolute atomic E-state index is 12.0. The van der Waals surface area contributed by atoms with Crippen LogP contribution in [0.3, 0.4) is 0 Å². The highest BCUT2D eigenvalue weighted by atomic mass is 16.8. The Labute approximate surface area is 153 Å². The van der Waals surface area contributed by atoms with E-state index >= 15 is 0 Å². The second kappa shape index (κ2) is 10.1. The van der Waals surface area contributed by atoms with E-state index in [4.69, 9.17) is 15.7 Å². The Hall–Kier alpha value is -2.20. The minimum absolute atomic E-state index is 0.143. The average molecular weight is 368 g/mol. The number of hydrogen-bond donors (Lipinski definition) is 5. The monoisotopic (exact) mass is 368 g/mol. The Balaban J connectivity index is 2.25. The van der Waals surface area contributed by atoms with Crippen molar-refractivity contribution >= 4 is 23.4 Å². The first kappa shape index (κ1) is 21.8. The normalized spacial score (nSPS) is 13.6. The van der Waals surface area contributed by atoms with Crippen LogP contribution in [-0.4, -0.2) is 35.4 Å². The lowest BCUT2D eigenvalue weighted by Crippen LogP contribution is -2.99. The van der Waals surface area contributed by atoms with Gasteiger partial charge in [-0.3, -0.25) is 4.79 Å². The van der Waals surface area contributed by atoms with Crippen LogP contribution in [0.15, 0.2) is 24.3 Å². The summed E-state index contributed by atoms with van der Waals surface area (Å²) < 4.78 is 5.12. The second-order valence-electron chi connectivity index (χ2n) is 6.90. The molecule has 1 unspecified atom stereocenters. The summed E-state index contributed by atoms with van der Waals surface area (Å²) in [4.78, 5) is 23.5. The maximum Gasteiger partial charge on any atom is 0.407 e. The number of carbonyl (C=O) groups excluding carboxylic acids is 2. The van der Waals surface area contributed by atoms with E-state index in [1.807, 2.05) is 0 Å². The van der Waals surface area contributed by atoms with Gasteiger partial charge in [-0.2, -0.15) is 5.23 Å². The molecule has 2 amide bonds.